The van der Waals surface area contributed by atoms with Crippen molar-refractivity contribution in [2.75, 3.05) is 26.2 Å². The van der Waals surface area contributed by atoms with Gasteiger partial charge in [0, 0.05) is 39.0 Å². The fraction of sp³-hybridized carbons (Fsp3) is 0.600. The topological polar surface area (TPSA) is 40.6 Å². The number of aryl methyl sites for hydroxylation is 2. The van der Waals surface area contributed by atoms with Gasteiger partial charge in [0.25, 0.3) is 0 Å². The van der Waals surface area contributed by atoms with Gasteiger partial charge < -0.3 is 9.80 Å². The largest absolute Gasteiger partial charge is 0.339 e. The van der Waals surface area contributed by atoms with Gasteiger partial charge in [0.05, 0.1) is 0 Å². The zero-order valence-corrected chi connectivity index (χ0v) is 15.5. The molecule has 1 saturated heterocycles. The first kappa shape index (κ1) is 18.5. The van der Waals surface area contributed by atoms with Crippen molar-refractivity contribution in [1.82, 2.24) is 9.80 Å². The summed E-state index contributed by atoms with van der Waals surface area (Å²) in [7, 11) is 0. The Bertz CT molecular complexity index is 582. The van der Waals surface area contributed by atoms with E-state index < -0.39 is 0 Å². The van der Waals surface area contributed by atoms with E-state index in [2.05, 4.69) is 45.9 Å². The number of carbonyl (C=O) groups is 2. The average Bonchev–Trinajstić information content (AvgIpc) is 2.51. The molecule has 1 aromatic carbocycles. The van der Waals surface area contributed by atoms with Crippen LogP contribution >= 0.6 is 0 Å². The summed E-state index contributed by atoms with van der Waals surface area (Å²) in [6.45, 7) is 10.9. The molecule has 0 saturated carbocycles. The monoisotopic (exact) mass is 330 g/mol. The van der Waals surface area contributed by atoms with Gasteiger partial charge >= 0.3 is 0 Å². The maximum Gasteiger partial charge on any atom is 0.223 e. The smallest absolute Gasteiger partial charge is 0.223 e. The summed E-state index contributed by atoms with van der Waals surface area (Å²) < 4.78 is 0. The highest BCUT2D eigenvalue weighted by atomic mass is 16.2. The molecule has 0 atom stereocenters. The maximum atomic E-state index is 12.4. The molecule has 1 aromatic rings. The number of benzene rings is 1. The Labute approximate surface area is 145 Å². The molecule has 0 aliphatic carbocycles. The minimum atomic E-state index is 0.0118. The van der Waals surface area contributed by atoms with Gasteiger partial charge in [0.1, 0.15) is 0 Å². The molecule has 4 nitrogen and oxygen atoms in total. The lowest BCUT2D eigenvalue weighted by Gasteiger charge is -2.36. The molecule has 24 heavy (non-hydrogen) atoms. The van der Waals surface area contributed by atoms with E-state index in [-0.39, 0.29) is 17.2 Å². The highest BCUT2D eigenvalue weighted by Crippen LogP contribution is 2.20. The van der Waals surface area contributed by atoms with Crippen LogP contribution in [0.15, 0.2) is 24.3 Å². The van der Waals surface area contributed by atoms with Crippen LogP contribution in [0.1, 0.15) is 44.7 Å². The molecule has 1 fully saturated rings. The Hall–Kier alpha value is -1.84. The van der Waals surface area contributed by atoms with Crippen molar-refractivity contribution in [3.8, 4) is 0 Å². The Morgan fingerprint density at radius 2 is 1.58 bits per heavy atom. The molecule has 4 heteroatoms. The number of amides is 2. The summed E-state index contributed by atoms with van der Waals surface area (Å²) in [5.74, 6) is 0.397. The summed E-state index contributed by atoms with van der Waals surface area (Å²) in [6.07, 6.45) is 1.89. The first-order valence-electron chi connectivity index (χ1n) is 8.86. The molecule has 0 spiro atoms. The minimum absolute atomic E-state index is 0.0118. The second-order valence-corrected chi connectivity index (χ2v) is 7.99. The predicted octanol–water partition coefficient (Wildman–Crippen LogP) is 3.03. The van der Waals surface area contributed by atoms with Crippen LogP contribution in [0.2, 0.25) is 0 Å². The van der Waals surface area contributed by atoms with Gasteiger partial charge in [-0.25, -0.2) is 0 Å². The number of rotatable bonds is 4. The number of carbonyl (C=O) groups excluding carboxylic acids is 2. The highest BCUT2D eigenvalue weighted by Gasteiger charge is 2.26. The van der Waals surface area contributed by atoms with Gasteiger partial charge in [0.2, 0.25) is 11.8 Å². The fourth-order valence-corrected chi connectivity index (χ4v) is 3.05. The summed E-state index contributed by atoms with van der Waals surface area (Å²) in [5.41, 5.74) is 2.45. The van der Waals surface area contributed by atoms with E-state index in [0.717, 1.165) is 6.42 Å². The van der Waals surface area contributed by atoms with Crippen molar-refractivity contribution in [1.29, 1.82) is 0 Å². The molecule has 2 amide bonds. The highest BCUT2D eigenvalue weighted by molar-refractivity contribution is 5.79. The van der Waals surface area contributed by atoms with Crippen molar-refractivity contribution in [2.45, 2.75) is 47.0 Å². The third kappa shape index (κ3) is 5.66. The molecular weight excluding hydrogens is 300 g/mol. The van der Waals surface area contributed by atoms with Gasteiger partial charge in [-0.05, 0) is 24.3 Å². The van der Waals surface area contributed by atoms with Crippen molar-refractivity contribution < 1.29 is 9.59 Å². The molecule has 0 aromatic heterocycles. The maximum absolute atomic E-state index is 12.4. The Balaban J connectivity index is 1.77. The zero-order chi connectivity index (χ0) is 17.7. The molecule has 2 rings (SSSR count). The van der Waals surface area contributed by atoms with E-state index in [0.29, 0.717) is 39.0 Å². The van der Waals surface area contributed by atoms with Gasteiger partial charge in [-0.15, -0.1) is 0 Å². The first-order valence-corrected chi connectivity index (χ1v) is 8.86. The Morgan fingerprint density at radius 3 is 2.12 bits per heavy atom. The number of hydrogen-bond acceptors (Lipinski definition) is 2. The van der Waals surface area contributed by atoms with Crippen LogP contribution in [0, 0.1) is 12.3 Å². The van der Waals surface area contributed by atoms with Crippen LogP contribution in [-0.2, 0) is 16.0 Å². The third-order valence-electron chi connectivity index (χ3n) is 4.38. The van der Waals surface area contributed by atoms with Gasteiger partial charge in [-0.2, -0.15) is 0 Å². The molecule has 0 bridgehead atoms. The Morgan fingerprint density at radius 1 is 1.00 bits per heavy atom. The molecule has 0 radical (unpaired) electrons. The summed E-state index contributed by atoms with van der Waals surface area (Å²) in [4.78, 5) is 28.4. The number of nitrogens with zero attached hydrogens (tertiary/aromatic N) is 2. The van der Waals surface area contributed by atoms with Crippen LogP contribution in [0.25, 0.3) is 0 Å². The quantitative estimate of drug-likeness (QED) is 0.851. The Kier molecular flexibility index (Phi) is 6.03. The molecule has 132 valence electrons. The molecular formula is C20H30N2O2. The second-order valence-electron chi connectivity index (χ2n) is 7.99. The summed E-state index contributed by atoms with van der Waals surface area (Å²) in [6, 6.07) is 8.31. The fourth-order valence-electron chi connectivity index (χ4n) is 3.05. The standard InChI is InChI=1S/C20H30N2O2/c1-16-6-5-7-17(14-16)8-9-18(23)21-10-12-22(13-11-21)19(24)15-20(2,3)4/h5-7,14H,8-13,15H2,1-4H3. The second kappa shape index (κ2) is 7.82. The van der Waals surface area contributed by atoms with Crippen LogP contribution in [0.4, 0.5) is 0 Å². The SMILES string of the molecule is Cc1cccc(CCC(=O)N2CCN(C(=O)CC(C)(C)C)CC2)c1. The van der Waals surface area contributed by atoms with E-state index in [4.69, 9.17) is 0 Å². The first-order chi connectivity index (χ1) is 11.2. The normalized spacial score (nSPS) is 15.5. The van der Waals surface area contributed by atoms with E-state index in [9.17, 15) is 9.59 Å². The lowest BCUT2D eigenvalue weighted by molar-refractivity contribution is -0.140. The molecule has 1 aliphatic heterocycles. The van der Waals surface area contributed by atoms with E-state index >= 15 is 0 Å². The van der Waals surface area contributed by atoms with Crippen LogP contribution in [-0.4, -0.2) is 47.8 Å². The zero-order valence-electron chi connectivity index (χ0n) is 15.5. The van der Waals surface area contributed by atoms with Gasteiger partial charge in [0.15, 0.2) is 0 Å². The summed E-state index contributed by atoms with van der Waals surface area (Å²) >= 11 is 0. The lowest BCUT2D eigenvalue weighted by atomic mass is 9.91. The van der Waals surface area contributed by atoms with Crippen molar-refractivity contribution >= 4 is 11.8 Å². The number of piperazine rings is 1. The minimum Gasteiger partial charge on any atom is -0.339 e. The van der Waals surface area contributed by atoms with Gasteiger partial charge in [-0.3, -0.25) is 9.59 Å². The van der Waals surface area contributed by atoms with Crippen molar-refractivity contribution in [3.63, 3.8) is 0 Å². The molecule has 0 N–H and O–H groups in total. The third-order valence-corrected chi connectivity index (χ3v) is 4.38. The van der Waals surface area contributed by atoms with Crippen LogP contribution in [0.5, 0.6) is 0 Å². The van der Waals surface area contributed by atoms with Crippen LogP contribution < -0.4 is 0 Å². The van der Waals surface area contributed by atoms with E-state index in [1.807, 2.05) is 15.9 Å². The summed E-state index contributed by atoms with van der Waals surface area (Å²) in [5, 5.41) is 0. The average molecular weight is 330 g/mol. The lowest BCUT2D eigenvalue weighted by Crippen LogP contribution is -2.51. The van der Waals surface area contributed by atoms with Crippen LogP contribution in [0.3, 0.4) is 0 Å². The molecule has 0 unspecified atom stereocenters. The molecule has 1 heterocycles. The van der Waals surface area contributed by atoms with Gasteiger partial charge in [-0.1, -0.05) is 50.6 Å². The van der Waals surface area contributed by atoms with E-state index in [1.165, 1.54) is 11.1 Å². The molecule has 1 aliphatic rings. The van der Waals surface area contributed by atoms with Crippen molar-refractivity contribution in [3.05, 3.63) is 35.4 Å². The number of hydrogen-bond donors (Lipinski definition) is 0. The van der Waals surface area contributed by atoms with Crippen molar-refractivity contribution in [2.24, 2.45) is 5.41 Å². The van der Waals surface area contributed by atoms with E-state index in [1.54, 1.807) is 0 Å². The predicted molar refractivity (Wildman–Crippen MR) is 96.7 cm³/mol.